The number of guanidine groups is 1. The summed E-state index contributed by atoms with van der Waals surface area (Å²) in [6.07, 6.45) is 1.82. The van der Waals surface area contributed by atoms with E-state index >= 15 is 0 Å². The normalized spacial score (nSPS) is 11.0. The fourth-order valence-electron chi connectivity index (χ4n) is 2.53. The molecule has 0 unspecified atom stereocenters. The van der Waals surface area contributed by atoms with Crippen molar-refractivity contribution in [2.45, 2.75) is 33.6 Å². The number of thiazole rings is 1. The van der Waals surface area contributed by atoms with E-state index in [1.807, 2.05) is 6.92 Å². The maximum absolute atomic E-state index is 5.92. The van der Waals surface area contributed by atoms with Crippen LogP contribution >= 0.6 is 35.3 Å². The topological polar surface area (TPSA) is 58.5 Å². The highest BCUT2D eigenvalue weighted by Crippen LogP contribution is 2.22. The van der Waals surface area contributed by atoms with Crippen LogP contribution in [0.2, 0.25) is 0 Å². The predicted octanol–water partition coefficient (Wildman–Crippen LogP) is 3.86. The lowest BCUT2D eigenvalue weighted by Gasteiger charge is -2.13. The van der Waals surface area contributed by atoms with Gasteiger partial charge in [-0.3, -0.25) is 4.99 Å². The number of aliphatic imine (C=N–C) groups is 1. The quantitative estimate of drug-likeness (QED) is 0.257. The first-order chi connectivity index (χ1) is 12.1. The summed E-state index contributed by atoms with van der Waals surface area (Å²) in [5.41, 5.74) is 3.50. The van der Waals surface area contributed by atoms with Crippen molar-refractivity contribution in [2.24, 2.45) is 4.99 Å². The number of nitrogens with zero attached hydrogens (tertiary/aromatic N) is 2. The van der Waals surface area contributed by atoms with E-state index in [0.29, 0.717) is 6.61 Å². The molecule has 7 heteroatoms. The van der Waals surface area contributed by atoms with Gasteiger partial charge in [0.05, 0.1) is 17.3 Å². The minimum atomic E-state index is 0. The van der Waals surface area contributed by atoms with Gasteiger partial charge in [-0.05, 0) is 38.3 Å². The molecule has 0 fully saturated rings. The van der Waals surface area contributed by atoms with Crippen molar-refractivity contribution >= 4 is 41.3 Å². The average molecular weight is 488 g/mol. The molecule has 0 aliphatic rings. The van der Waals surface area contributed by atoms with Crippen molar-refractivity contribution in [3.8, 4) is 5.75 Å². The Hall–Kier alpha value is -1.35. The fraction of sp³-hybridized carbons (Fsp3) is 0.474. The van der Waals surface area contributed by atoms with Gasteiger partial charge >= 0.3 is 0 Å². The van der Waals surface area contributed by atoms with Crippen molar-refractivity contribution in [3.05, 3.63) is 45.4 Å². The van der Waals surface area contributed by atoms with E-state index in [9.17, 15) is 0 Å². The second-order valence-corrected chi connectivity index (χ2v) is 7.02. The van der Waals surface area contributed by atoms with Gasteiger partial charge in [0.1, 0.15) is 5.75 Å². The van der Waals surface area contributed by atoms with Crippen molar-refractivity contribution in [1.29, 1.82) is 0 Å². The minimum absolute atomic E-state index is 0. The van der Waals surface area contributed by atoms with E-state index in [-0.39, 0.29) is 24.0 Å². The van der Waals surface area contributed by atoms with Crippen molar-refractivity contribution in [1.82, 2.24) is 15.6 Å². The highest BCUT2D eigenvalue weighted by atomic mass is 127. The highest BCUT2D eigenvalue weighted by molar-refractivity contribution is 14.0. The summed E-state index contributed by atoms with van der Waals surface area (Å²) in [5, 5.41) is 9.86. The van der Waals surface area contributed by atoms with Gasteiger partial charge in [-0.15, -0.1) is 35.3 Å². The Morgan fingerprint density at radius 1 is 1.15 bits per heavy atom. The summed E-state index contributed by atoms with van der Waals surface area (Å²) in [4.78, 5) is 8.71. The Labute approximate surface area is 177 Å². The lowest BCUT2D eigenvalue weighted by Crippen LogP contribution is -2.39. The first-order valence-corrected chi connectivity index (χ1v) is 9.52. The first-order valence-electron chi connectivity index (χ1n) is 8.64. The number of ether oxygens (including phenoxy) is 1. The predicted molar refractivity (Wildman–Crippen MR) is 121 cm³/mol. The monoisotopic (exact) mass is 488 g/mol. The van der Waals surface area contributed by atoms with Gasteiger partial charge in [-0.25, -0.2) is 4.98 Å². The summed E-state index contributed by atoms with van der Waals surface area (Å²) in [6, 6.07) is 6.22. The zero-order chi connectivity index (χ0) is 18.1. The van der Waals surface area contributed by atoms with Crippen LogP contribution in [0.1, 0.15) is 28.2 Å². The molecule has 5 nitrogen and oxygen atoms in total. The highest BCUT2D eigenvalue weighted by Gasteiger charge is 2.03. The molecule has 0 aliphatic carbocycles. The largest absolute Gasteiger partial charge is 0.493 e. The van der Waals surface area contributed by atoms with Gasteiger partial charge in [0.2, 0.25) is 0 Å². The Morgan fingerprint density at radius 2 is 1.85 bits per heavy atom. The molecule has 1 aromatic carbocycles. The van der Waals surface area contributed by atoms with Crippen molar-refractivity contribution in [2.75, 3.05) is 26.7 Å². The Balaban J connectivity index is 0.00000338. The van der Waals surface area contributed by atoms with Crippen LogP contribution in [-0.4, -0.2) is 37.7 Å². The van der Waals surface area contributed by atoms with Crippen LogP contribution in [0.5, 0.6) is 5.75 Å². The molecule has 144 valence electrons. The summed E-state index contributed by atoms with van der Waals surface area (Å²) in [6.45, 7) is 8.52. The van der Waals surface area contributed by atoms with Gasteiger partial charge in [-0.1, -0.05) is 18.2 Å². The smallest absolute Gasteiger partial charge is 0.190 e. The van der Waals surface area contributed by atoms with Crippen molar-refractivity contribution in [3.63, 3.8) is 0 Å². The van der Waals surface area contributed by atoms with E-state index in [1.54, 1.807) is 18.4 Å². The molecule has 1 aromatic heterocycles. The van der Waals surface area contributed by atoms with Crippen LogP contribution in [-0.2, 0) is 6.42 Å². The number of para-hydroxylation sites is 1. The molecule has 0 amide bonds. The maximum Gasteiger partial charge on any atom is 0.190 e. The molecule has 26 heavy (non-hydrogen) atoms. The second-order valence-electron chi connectivity index (χ2n) is 5.96. The molecule has 0 spiro atoms. The number of hydrogen-bond acceptors (Lipinski definition) is 4. The summed E-state index contributed by atoms with van der Waals surface area (Å²) in [5.74, 6) is 1.82. The third-order valence-electron chi connectivity index (χ3n) is 3.83. The number of aromatic nitrogens is 1. The number of aryl methyl sites for hydroxylation is 3. The van der Waals surface area contributed by atoms with Crippen LogP contribution < -0.4 is 15.4 Å². The minimum Gasteiger partial charge on any atom is -0.493 e. The molecule has 0 saturated carbocycles. The fourth-order valence-corrected chi connectivity index (χ4v) is 3.18. The van der Waals surface area contributed by atoms with Gasteiger partial charge < -0.3 is 15.4 Å². The number of rotatable bonds is 8. The SMILES string of the molecule is CN=C(NCCCOc1c(C)cccc1C)NCCc1csc(C)n1.I. The molecule has 1 heterocycles. The van der Waals surface area contributed by atoms with Crippen molar-refractivity contribution < 1.29 is 4.74 Å². The lowest BCUT2D eigenvalue weighted by atomic mass is 10.1. The van der Waals surface area contributed by atoms with Crippen LogP contribution in [0, 0.1) is 20.8 Å². The first kappa shape index (κ1) is 22.7. The number of nitrogens with one attached hydrogen (secondary N) is 2. The standard InChI is InChI=1S/C19H28N4OS.HI/c1-14-7-5-8-15(2)18(14)24-12-6-10-21-19(20-4)22-11-9-17-13-25-16(3)23-17;/h5,7-8,13H,6,9-12H2,1-4H3,(H2,20,21,22);1H. The third kappa shape index (κ3) is 7.49. The number of halogens is 1. The molecular weight excluding hydrogens is 459 g/mol. The van der Waals surface area contributed by atoms with E-state index in [2.05, 4.69) is 58.0 Å². The van der Waals surface area contributed by atoms with Crippen LogP contribution in [0.15, 0.2) is 28.6 Å². The molecule has 0 radical (unpaired) electrons. The van der Waals surface area contributed by atoms with Gasteiger partial charge in [0, 0.05) is 31.9 Å². The molecule has 0 atom stereocenters. The molecule has 2 N–H and O–H groups in total. The Kier molecular flexibility index (Phi) is 10.6. The summed E-state index contributed by atoms with van der Waals surface area (Å²) in [7, 11) is 1.79. The molecule has 0 bridgehead atoms. The van der Waals surface area contributed by atoms with E-state index in [1.165, 1.54) is 11.1 Å². The average Bonchev–Trinajstić information content (AvgIpc) is 3.00. The van der Waals surface area contributed by atoms with E-state index < -0.39 is 0 Å². The second kappa shape index (κ2) is 12.1. The lowest BCUT2D eigenvalue weighted by molar-refractivity contribution is 0.307. The van der Waals surface area contributed by atoms with E-state index in [4.69, 9.17) is 4.74 Å². The van der Waals surface area contributed by atoms with Crippen LogP contribution in [0.4, 0.5) is 0 Å². The summed E-state index contributed by atoms with van der Waals surface area (Å²) < 4.78 is 5.92. The van der Waals surface area contributed by atoms with E-state index in [0.717, 1.165) is 48.3 Å². The maximum atomic E-state index is 5.92. The van der Waals surface area contributed by atoms with Gasteiger partial charge in [0.25, 0.3) is 0 Å². The molecular formula is C19H29IN4OS. The Bertz CT molecular complexity index is 682. The number of hydrogen-bond donors (Lipinski definition) is 2. The van der Waals surface area contributed by atoms with Crippen LogP contribution in [0.3, 0.4) is 0 Å². The zero-order valence-corrected chi connectivity index (χ0v) is 19.1. The molecule has 0 aliphatic heterocycles. The van der Waals surface area contributed by atoms with Gasteiger partial charge in [-0.2, -0.15) is 0 Å². The Morgan fingerprint density at radius 3 is 2.46 bits per heavy atom. The third-order valence-corrected chi connectivity index (χ3v) is 4.65. The van der Waals surface area contributed by atoms with Gasteiger partial charge in [0.15, 0.2) is 5.96 Å². The molecule has 2 aromatic rings. The number of benzene rings is 1. The van der Waals surface area contributed by atoms with Crippen LogP contribution in [0.25, 0.3) is 0 Å². The summed E-state index contributed by atoms with van der Waals surface area (Å²) >= 11 is 1.69. The zero-order valence-electron chi connectivity index (χ0n) is 16.0. The molecule has 0 saturated heterocycles. The molecule has 2 rings (SSSR count).